The van der Waals surface area contributed by atoms with Gasteiger partial charge in [0.15, 0.2) is 16.6 Å². The van der Waals surface area contributed by atoms with Crippen LogP contribution in [0.3, 0.4) is 0 Å². The Morgan fingerprint density at radius 1 is 0.959 bits per heavy atom. The average Bonchev–Trinajstić information content (AvgIpc) is 3.37. The number of Topliss-reactive ketones (excluding diaryl/α,β-unsaturated/α-hetero) is 1. The largest absolute Gasteiger partial charge is 0.491 e. The Morgan fingerprint density at radius 3 is 2.16 bits per heavy atom. The van der Waals surface area contributed by atoms with Crippen LogP contribution >= 0.6 is 0 Å². The summed E-state index contributed by atoms with van der Waals surface area (Å²) in [6, 6.07) is 10.6. The van der Waals surface area contributed by atoms with Crippen molar-refractivity contribution in [3.05, 3.63) is 54.1 Å². The predicted molar refractivity (Wildman–Crippen MR) is 196 cm³/mol. The van der Waals surface area contributed by atoms with Crippen molar-refractivity contribution in [3.8, 4) is 5.75 Å². The highest BCUT2D eigenvalue weighted by Gasteiger charge is 2.45. The van der Waals surface area contributed by atoms with Gasteiger partial charge in [0.25, 0.3) is 0 Å². The molecule has 0 saturated heterocycles. The highest BCUT2D eigenvalue weighted by atomic mass is 28.4. The van der Waals surface area contributed by atoms with Crippen molar-refractivity contribution >= 4 is 28.4 Å². The number of unbranched alkanes of at least 4 members (excludes halogenated alkanes) is 1. The number of carbonyl (C=O) groups excluding carboxylic acids is 2. The molecule has 0 radical (unpaired) electrons. The monoisotopic (exact) mass is 726 g/mol. The summed E-state index contributed by atoms with van der Waals surface area (Å²) in [4.78, 5) is 25.4. The maximum Gasteiger partial charge on any atom is 0.416 e. The zero-order valence-corrected chi connectivity index (χ0v) is 33.1. The van der Waals surface area contributed by atoms with Gasteiger partial charge in [-0.15, -0.1) is 0 Å². The maximum atomic E-state index is 13.6. The van der Waals surface area contributed by atoms with Crippen molar-refractivity contribution in [3.63, 3.8) is 0 Å². The van der Waals surface area contributed by atoms with Crippen LogP contribution in [-0.2, 0) is 29.4 Å². The molecule has 11 heteroatoms. The first-order chi connectivity index (χ1) is 23.2. The van der Waals surface area contributed by atoms with E-state index < -0.39 is 34.5 Å². The normalized spacial score (nSPS) is 19.8. The second-order valence-corrected chi connectivity index (χ2v) is 23.0. The molecule has 0 heterocycles. The summed E-state index contributed by atoms with van der Waals surface area (Å²) in [5, 5.41) is 0. The summed E-state index contributed by atoms with van der Waals surface area (Å²) in [5.74, 6) is -0.333. The van der Waals surface area contributed by atoms with Crippen molar-refractivity contribution in [1.82, 2.24) is 0 Å². The van der Waals surface area contributed by atoms with E-state index in [-0.39, 0.29) is 48.2 Å². The van der Waals surface area contributed by atoms with Gasteiger partial charge >= 0.3 is 12.1 Å². The minimum atomic E-state index is -4.47. The van der Waals surface area contributed by atoms with E-state index in [1.165, 1.54) is 12.1 Å². The SMILES string of the molecule is CC[Si](CC)(CC)OC1CC(=O)[C@H](C/C=C\CCCC(=O)OC(C)C)[C@H]1/C=C/[C@H](COc1cccc(C(F)(F)F)c1)O[Si](CC)(CC)CC. The molecule has 278 valence electrons. The Balaban J connectivity index is 2.36. The van der Waals surface area contributed by atoms with E-state index in [0.29, 0.717) is 32.1 Å². The van der Waals surface area contributed by atoms with Gasteiger partial charge < -0.3 is 18.3 Å². The number of alkyl halides is 3. The molecule has 1 saturated carbocycles. The number of benzene rings is 1. The lowest BCUT2D eigenvalue weighted by molar-refractivity contribution is -0.147. The van der Waals surface area contributed by atoms with Crippen molar-refractivity contribution < 1.29 is 41.1 Å². The molecule has 1 fully saturated rings. The molecule has 1 aromatic carbocycles. The first-order valence-corrected chi connectivity index (χ1v) is 23.5. The molecule has 0 N–H and O–H groups in total. The van der Waals surface area contributed by atoms with Crippen LogP contribution in [0.2, 0.25) is 36.3 Å². The molecular weight excluding hydrogens is 666 g/mol. The van der Waals surface area contributed by atoms with E-state index in [9.17, 15) is 22.8 Å². The second kappa shape index (κ2) is 20.6. The lowest BCUT2D eigenvalue weighted by atomic mass is 9.90. The highest BCUT2D eigenvalue weighted by Crippen LogP contribution is 2.39. The summed E-state index contributed by atoms with van der Waals surface area (Å²) in [6.45, 7) is 16.7. The highest BCUT2D eigenvalue weighted by molar-refractivity contribution is 6.74. The molecule has 0 aliphatic heterocycles. The zero-order chi connectivity index (χ0) is 36.7. The van der Waals surface area contributed by atoms with Crippen LogP contribution in [0, 0.1) is 11.8 Å². The molecule has 4 atom stereocenters. The van der Waals surface area contributed by atoms with Crippen molar-refractivity contribution in [1.29, 1.82) is 0 Å². The lowest BCUT2D eigenvalue weighted by Crippen LogP contribution is -2.42. The molecule has 1 unspecified atom stereocenters. The van der Waals surface area contributed by atoms with Crippen LogP contribution in [0.1, 0.15) is 93.1 Å². The van der Waals surface area contributed by atoms with Gasteiger partial charge in [0, 0.05) is 24.7 Å². The molecule has 2 rings (SSSR count). The first-order valence-electron chi connectivity index (χ1n) is 18.4. The third-order valence-electron chi connectivity index (χ3n) is 10.2. The fourth-order valence-corrected chi connectivity index (χ4v) is 12.3. The van der Waals surface area contributed by atoms with Gasteiger partial charge in [0.2, 0.25) is 0 Å². The third-order valence-corrected chi connectivity index (χ3v) is 19.5. The number of hydrogen-bond acceptors (Lipinski definition) is 6. The van der Waals surface area contributed by atoms with Gasteiger partial charge in [0.1, 0.15) is 18.1 Å². The van der Waals surface area contributed by atoms with Crippen LogP contribution in [0.5, 0.6) is 5.75 Å². The van der Waals surface area contributed by atoms with Crippen LogP contribution in [-0.4, -0.2) is 53.3 Å². The number of hydrogen-bond donors (Lipinski definition) is 0. The lowest BCUT2D eigenvalue weighted by Gasteiger charge is -2.34. The molecule has 6 nitrogen and oxygen atoms in total. The van der Waals surface area contributed by atoms with E-state index in [1.807, 2.05) is 32.1 Å². The van der Waals surface area contributed by atoms with Gasteiger partial charge in [-0.2, -0.15) is 13.2 Å². The molecule has 0 spiro atoms. The minimum Gasteiger partial charge on any atom is -0.491 e. The predicted octanol–water partition coefficient (Wildman–Crippen LogP) is 10.7. The Hall–Kier alpha value is -2.22. The van der Waals surface area contributed by atoms with Crippen LogP contribution in [0.25, 0.3) is 0 Å². The molecule has 1 aliphatic carbocycles. The van der Waals surface area contributed by atoms with Crippen LogP contribution in [0.15, 0.2) is 48.6 Å². The number of carbonyl (C=O) groups is 2. The van der Waals surface area contributed by atoms with Crippen molar-refractivity contribution in [2.75, 3.05) is 6.61 Å². The van der Waals surface area contributed by atoms with Gasteiger partial charge in [-0.25, -0.2) is 0 Å². The molecule has 0 bridgehead atoms. The van der Waals surface area contributed by atoms with Gasteiger partial charge in [-0.1, -0.05) is 71.9 Å². The quantitative estimate of drug-likeness (QED) is 0.0513. The van der Waals surface area contributed by atoms with E-state index in [4.69, 9.17) is 18.3 Å². The molecule has 1 aromatic rings. The third kappa shape index (κ3) is 13.4. The standard InChI is InChI=1S/C38H61F3O6Si2/c1-9-48(10-2,11-3)46-32(28-44-31-21-19-20-30(26-31)38(39,40)41)24-25-34-33(22-17-15-16-18-23-37(43)45-29(7)8)35(42)27-36(34)47-49(12-4,13-5)14-6/h15,17,19-21,24-26,29,32-34,36H,9-14,16,18,22-23,27-28H2,1-8H3/b17-15-,25-24+/t32-,33-,34-,36?/m1/s1. The number of halogens is 3. The fraction of sp³-hybridized carbons (Fsp3) is 0.684. The van der Waals surface area contributed by atoms with E-state index in [0.717, 1.165) is 48.4 Å². The summed E-state index contributed by atoms with van der Waals surface area (Å²) >= 11 is 0. The topological polar surface area (TPSA) is 71.1 Å². The maximum absolute atomic E-state index is 13.6. The first kappa shape index (κ1) is 42.9. The summed E-state index contributed by atoms with van der Waals surface area (Å²) in [6.07, 6.45) is 5.44. The number of rotatable bonds is 22. The summed E-state index contributed by atoms with van der Waals surface area (Å²) in [5.41, 5.74) is -0.760. The zero-order valence-electron chi connectivity index (χ0n) is 31.1. The molecule has 49 heavy (non-hydrogen) atoms. The van der Waals surface area contributed by atoms with E-state index >= 15 is 0 Å². The van der Waals surface area contributed by atoms with Crippen LogP contribution < -0.4 is 4.74 Å². The number of ketones is 1. The minimum absolute atomic E-state index is 0.0557. The smallest absolute Gasteiger partial charge is 0.416 e. The van der Waals surface area contributed by atoms with Crippen molar-refractivity contribution in [2.45, 2.75) is 148 Å². The summed E-state index contributed by atoms with van der Waals surface area (Å²) < 4.78 is 65.1. The Kier molecular flexibility index (Phi) is 18.0. The fourth-order valence-electron chi connectivity index (χ4n) is 6.64. The molecule has 1 aliphatic rings. The van der Waals surface area contributed by atoms with Crippen molar-refractivity contribution in [2.24, 2.45) is 11.8 Å². The van der Waals surface area contributed by atoms with E-state index in [1.54, 1.807) is 0 Å². The van der Waals surface area contributed by atoms with Gasteiger partial charge in [-0.3, -0.25) is 9.59 Å². The Morgan fingerprint density at radius 2 is 1.59 bits per heavy atom. The number of esters is 1. The summed E-state index contributed by atoms with van der Waals surface area (Å²) in [7, 11) is -4.17. The van der Waals surface area contributed by atoms with Gasteiger partial charge in [0.05, 0.1) is 23.9 Å². The second-order valence-electron chi connectivity index (χ2n) is 13.5. The molecule has 0 aromatic heterocycles. The Labute approximate surface area is 295 Å². The Bertz CT molecular complexity index is 1190. The van der Waals surface area contributed by atoms with Crippen LogP contribution in [0.4, 0.5) is 13.2 Å². The number of allylic oxidation sites excluding steroid dienone is 2. The van der Waals surface area contributed by atoms with E-state index in [2.05, 4.69) is 47.6 Å². The molecular formula is C38H61F3O6Si2. The number of ether oxygens (including phenoxy) is 2. The molecule has 0 amide bonds. The van der Waals surface area contributed by atoms with Gasteiger partial charge in [-0.05, 0) is 87.6 Å². The average molecular weight is 727 g/mol.